The molecule has 292 valence electrons. The van der Waals surface area contributed by atoms with Crippen molar-refractivity contribution in [3.05, 3.63) is 97.5 Å². The highest BCUT2D eigenvalue weighted by molar-refractivity contribution is 6.30. The summed E-state index contributed by atoms with van der Waals surface area (Å²) in [6, 6.07) is 6.53. The molecule has 18 nitrogen and oxygen atoms in total. The second kappa shape index (κ2) is 14.8. The van der Waals surface area contributed by atoms with Crippen LogP contribution in [-0.4, -0.2) is 79.2 Å². The van der Waals surface area contributed by atoms with Gasteiger partial charge in [0.15, 0.2) is 0 Å². The van der Waals surface area contributed by atoms with Gasteiger partial charge < -0.3 is 29.3 Å². The zero-order valence-corrected chi connectivity index (χ0v) is 31.9. The minimum Gasteiger partial charge on any atom is -0.474 e. The highest BCUT2D eigenvalue weighted by Crippen LogP contribution is 2.43. The van der Waals surface area contributed by atoms with Crippen LogP contribution in [0, 0.1) is 0 Å². The fourth-order valence-corrected chi connectivity index (χ4v) is 7.09. The summed E-state index contributed by atoms with van der Waals surface area (Å²) in [5.41, 5.74) is 17.9. The molecule has 5 aromatic heterocycles. The number of cyclic esters (lactones) is 1. The molecule has 3 aliphatic rings. The van der Waals surface area contributed by atoms with Gasteiger partial charge in [0.2, 0.25) is 11.8 Å². The van der Waals surface area contributed by atoms with Crippen LogP contribution >= 0.6 is 11.6 Å². The first kappa shape index (κ1) is 37.9. The molecule has 19 heteroatoms. The van der Waals surface area contributed by atoms with Crippen LogP contribution in [0.3, 0.4) is 0 Å². The molecule has 1 aliphatic heterocycles. The Bertz CT molecular complexity index is 2520. The first-order valence-electron chi connectivity index (χ1n) is 18.4. The van der Waals surface area contributed by atoms with Crippen molar-refractivity contribution in [2.24, 2.45) is 10.2 Å². The van der Waals surface area contributed by atoms with Crippen LogP contribution in [0.15, 0.2) is 59.3 Å². The third-order valence-electron chi connectivity index (χ3n) is 10.7. The Morgan fingerprint density at radius 1 is 0.860 bits per heavy atom. The smallest absolute Gasteiger partial charge is 0.340 e. The second-order valence-corrected chi connectivity index (χ2v) is 15.2. The summed E-state index contributed by atoms with van der Waals surface area (Å²) in [5.74, 6) is 0.366. The van der Waals surface area contributed by atoms with E-state index in [-0.39, 0.29) is 41.5 Å². The predicted octanol–water partition coefficient (Wildman–Crippen LogP) is 7.22. The summed E-state index contributed by atoms with van der Waals surface area (Å²) in [5, 5.41) is 32.3. The van der Waals surface area contributed by atoms with E-state index >= 15 is 0 Å². The molecular formula is C38H37ClN12O6. The van der Waals surface area contributed by atoms with Crippen LogP contribution in [0.2, 0.25) is 5.15 Å². The fourth-order valence-electron chi connectivity index (χ4n) is 6.93. The van der Waals surface area contributed by atoms with E-state index in [1.807, 2.05) is 6.92 Å². The maximum atomic E-state index is 13.0. The third kappa shape index (κ3) is 7.02. The number of aliphatic hydroxyl groups excluding tert-OH is 2. The number of rotatable bonds is 14. The fraction of sp³-hybridized carbons (Fsp3) is 0.421. The van der Waals surface area contributed by atoms with Gasteiger partial charge in [0, 0.05) is 47.1 Å². The molecule has 5 aromatic rings. The number of aromatic nitrogens is 5. The van der Waals surface area contributed by atoms with Crippen molar-refractivity contribution >= 4 is 50.8 Å². The number of carbonyl (C=O) groups is 1. The summed E-state index contributed by atoms with van der Waals surface area (Å²) in [4.78, 5) is 44.1. The van der Waals surface area contributed by atoms with Gasteiger partial charge in [-0.2, -0.15) is 0 Å². The number of hydrogen-bond donors (Lipinski definition) is 2. The topological polar surface area (TPSA) is 250 Å². The maximum Gasteiger partial charge on any atom is 0.340 e. The zero-order valence-electron chi connectivity index (χ0n) is 31.1. The number of anilines is 2. The van der Waals surface area contributed by atoms with Crippen LogP contribution in [0.5, 0.6) is 11.8 Å². The molecule has 4 atom stereocenters. The van der Waals surface area contributed by atoms with Gasteiger partial charge in [-0.25, -0.2) is 29.7 Å². The lowest BCUT2D eigenvalue weighted by Crippen LogP contribution is -2.41. The van der Waals surface area contributed by atoms with Crippen molar-refractivity contribution in [1.29, 1.82) is 0 Å². The van der Waals surface area contributed by atoms with Crippen molar-refractivity contribution < 1.29 is 29.2 Å². The van der Waals surface area contributed by atoms with Crippen molar-refractivity contribution in [1.82, 2.24) is 24.9 Å². The lowest BCUT2D eigenvalue weighted by Gasteiger charge is -2.36. The summed E-state index contributed by atoms with van der Waals surface area (Å²) >= 11 is 6.45. The zero-order chi connectivity index (χ0) is 40.1. The van der Waals surface area contributed by atoms with E-state index < -0.39 is 36.4 Å². The molecule has 0 spiro atoms. The molecule has 0 radical (unpaired) electrons. The van der Waals surface area contributed by atoms with Crippen molar-refractivity contribution in [3.63, 3.8) is 0 Å². The highest BCUT2D eigenvalue weighted by Gasteiger charge is 2.40. The highest BCUT2D eigenvalue weighted by atomic mass is 35.5. The first-order chi connectivity index (χ1) is 27.5. The molecule has 2 saturated carbocycles. The monoisotopic (exact) mass is 792 g/mol. The van der Waals surface area contributed by atoms with Gasteiger partial charge >= 0.3 is 5.97 Å². The van der Waals surface area contributed by atoms with Gasteiger partial charge in [0.05, 0.1) is 40.8 Å². The number of aliphatic hydroxyl groups is 2. The lowest BCUT2D eigenvalue weighted by molar-refractivity contribution is 0.0235. The Kier molecular flexibility index (Phi) is 9.84. The molecule has 8 rings (SSSR count). The van der Waals surface area contributed by atoms with E-state index in [9.17, 15) is 26.1 Å². The number of ether oxygens (including phenoxy) is 3. The Labute approximate surface area is 330 Å². The number of pyridine rings is 5. The number of esters is 1. The molecule has 2 N–H and O–H groups in total. The van der Waals surface area contributed by atoms with E-state index in [0.717, 1.165) is 25.7 Å². The summed E-state index contributed by atoms with van der Waals surface area (Å²) < 4.78 is 17.8. The minimum absolute atomic E-state index is 0.00993. The average Bonchev–Trinajstić information content (AvgIpc) is 4.16. The predicted molar refractivity (Wildman–Crippen MR) is 207 cm³/mol. The Morgan fingerprint density at radius 3 is 2.11 bits per heavy atom. The normalized spacial score (nSPS) is 19.6. The molecule has 0 aromatic carbocycles. The van der Waals surface area contributed by atoms with E-state index in [1.165, 1.54) is 18.6 Å². The number of hydrogen-bond acceptors (Lipinski definition) is 14. The second-order valence-electron chi connectivity index (χ2n) is 14.8. The largest absolute Gasteiger partial charge is 0.474 e. The number of fused-ring (bicyclic) bond motifs is 3. The molecule has 57 heavy (non-hydrogen) atoms. The number of halogens is 1. The molecule has 0 saturated heterocycles. The Morgan fingerprint density at radius 2 is 1.49 bits per heavy atom. The van der Waals surface area contributed by atoms with Gasteiger partial charge in [-0.05, 0) is 96.8 Å². The average molecular weight is 793 g/mol. The van der Waals surface area contributed by atoms with Crippen molar-refractivity contribution in [3.8, 4) is 11.8 Å². The van der Waals surface area contributed by atoms with E-state index in [4.69, 9.17) is 35.8 Å². The third-order valence-corrected chi connectivity index (χ3v) is 10.9. The van der Waals surface area contributed by atoms with Crippen LogP contribution < -0.4 is 14.4 Å². The van der Waals surface area contributed by atoms with Crippen molar-refractivity contribution in [2.75, 3.05) is 24.7 Å². The minimum atomic E-state index is -1.78. The molecule has 0 bridgehead atoms. The molecule has 2 unspecified atom stereocenters. The SMILES string of the molecule is C[C@@H]1OC(=O)c2ccc(N(CC(CO)(N=[N+]=[N-])c3cnc(OC4CC4)c4cnc(Cl)cc34)c3cc4c(C(C)(CO)N=[N+]=[N-])cnc(OC5CC5)c4cn3)nc2[C@H]1C. The Hall–Kier alpha value is -6.03. The van der Waals surface area contributed by atoms with Crippen molar-refractivity contribution in [2.45, 2.75) is 81.8 Å². The number of azide groups is 2. The van der Waals surface area contributed by atoms with E-state index in [2.05, 4.69) is 35.0 Å². The van der Waals surface area contributed by atoms with Crippen LogP contribution in [0.25, 0.3) is 42.4 Å². The molecule has 2 fully saturated rings. The van der Waals surface area contributed by atoms with Gasteiger partial charge in [-0.3, -0.25) is 0 Å². The maximum absolute atomic E-state index is 13.0. The molecule has 6 heterocycles. The summed E-state index contributed by atoms with van der Waals surface area (Å²) in [6.45, 7) is 3.75. The molecular weight excluding hydrogens is 756 g/mol. The summed E-state index contributed by atoms with van der Waals surface area (Å²) in [6.07, 6.45) is 9.11. The van der Waals surface area contributed by atoms with Crippen LogP contribution in [-0.2, 0) is 15.8 Å². The number of nitrogens with zero attached hydrogens (tertiary/aromatic N) is 12. The number of carbonyl (C=O) groups excluding carboxylic acids is 1. The molecule has 2 aliphatic carbocycles. The lowest BCUT2D eigenvalue weighted by atomic mass is 9.88. The van der Waals surface area contributed by atoms with E-state index in [0.29, 0.717) is 55.7 Å². The Balaban J connectivity index is 1.36. The first-order valence-corrected chi connectivity index (χ1v) is 18.8. The van der Waals surface area contributed by atoms with E-state index in [1.54, 1.807) is 49.2 Å². The van der Waals surface area contributed by atoms with Gasteiger partial charge in [-0.15, -0.1) is 0 Å². The van der Waals surface area contributed by atoms with Gasteiger partial charge in [-0.1, -0.05) is 28.8 Å². The van der Waals surface area contributed by atoms with Crippen LogP contribution in [0.1, 0.15) is 79.6 Å². The quantitative estimate of drug-likeness (QED) is 0.0372. The standard InChI is InChI=1S/C38H37ClN12O6/c1-19-20(2)55-36(54)23-8-9-31(46-33(19)23)51(32-11-25-27(13-43-32)35(57-22-6-7-22)44-14-28(25)37(3,17-52)47-49-40)16-38(18-53,48-50-41)29-15-45-34(56-21-4-5-21)26-12-42-30(39)10-24(26)29/h8-15,19-22,52-53H,4-7,16-18H2,1-3H3/t19-,20-,37?,38?/m0/s1. The van der Waals surface area contributed by atoms with Crippen LogP contribution in [0.4, 0.5) is 11.6 Å². The van der Waals surface area contributed by atoms with Gasteiger partial charge in [0.25, 0.3) is 0 Å². The summed E-state index contributed by atoms with van der Waals surface area (Å²) in [7, 11) is 0. The molecule has 0 amide bonds. The van der Waals surface area contributed by atoms with Gasteiger partial charge in [0.1, 0.15) is 40.6 Å².